The van der Waals surface area contributed by atoms with Gasteiger partial charge in [0.2, 0.25) is 5.91 Å². The number of nitrogens with one attached hydrogen (secondary N) is 1. The third-order valence-corrected chi connectivity index (χ3v) is 5.29. The van der Waals surface area contributed by atoms with Gasteiger partial charge < -0.3 is 14.6 Å². The summed E-state index contributed by atoms with van der Waals surface area (Å²) in [6.07, 6.45) is 0. The highest BCUT2D eigenvalue weighted by Gasteiger charge is 2.24. The smallest absolute Gasteiger partial charge is 0.338 e. The number of nitrogens with zero attached hydrogens (tertiary/aromatic N) is 1. The van der Waals surface area contributed by atoms with E-state index >= 15 is 0 Å². The number of hydrogen-bond acceptors (Lipinski definition) is 6. The molecule has 3 aromatic rings. The van der Waals surface area contributed by atoms with Crippen molar-refractivity contribution in [3.8, 4) is 11.3 Å². The van der Waals surface area contributed by atoms with E-state index in [9.17, 15) is 9.59 Å². The highest BCUT2D eigenvalue weighted by atomic mass is 32.2. The number of thioether (sulfide) groups is 1. The van der Waals surface area contributed by atoms with Crippen LogP contribution in [0.5, 0.6) is 0 Å². The number of aromatic nitrogens is 1. The van der Waals surface area contributed by atoms with Crippen LogP contribution in [0.3, 0.4) is 0 Å². The van der Waals surface area contributed by atoms with Crippen molar-refractivity contribution < 1.29 is 18.8 Å². The average Bonchev–Trinajstić information content (AvgIpc) is 3.16. The van der Waals surface area contributed by atoms with Gasteiger partial charge in [-0.2, -0.15) is 0 Å². The van der Waals surface area contributed by atoms with Crippen LogP contribution in [-0.2, 0) is 16.1 Å². The van der Waals surface area contributed by atoms with E-state index in [1.807, 2.05) is 43.3 Å². The Morgan fingerprint density at radius 1 is 1.22 bits per heavy atom. The monoisotopic (exact) mass is 380 g/mol. The summed E-state index contributed by atoms with van der Waals surface area (Å²) in [5, 5.41) is 6.59. The summed E-state index contributed by atoms with van der Waals surface area (Å²) >= 11 is 1.46. The minimum atomic E-state index is -0.486. The largest absolute Gasteiger partial charge is 0.455 e. The van der Waals surface area contributed by atoms with Gasteiger partial charge in [-0.25, -0.2) is 4.79 Å². The van der Waals surface area contributed by atoms with E-state index in [4.69, 9.17) is 9.26 Å². The van der Waals surface area contributed by atoms with Gasteiger partial charge >= 0.3 is 5.97 Å². The molecule has 0 saturated heterocycles. The molecule has 27 heavy (non-hydrogen) atoms. The summed E-state index contributed by atoms with van der Waals surface area (Å²) in [6, 6.07) is 16.4. The second kappa shape index (κ2) is 7.28. The third-order valence-electron chi connectivity index (χ3n) is 4.11. The Morgan fingerprint density at radius 3 is 2.85 bits per heavy atom. The van der Waals surface area contributed by atoms with Crippen molar-refractivity contribution in [2.75, 3.05) is 5.32 Å². The van der Waals surface area contributed by atoms with Crippen molar-refractivity contribution in [2.45, 2.75) is 23.7 Å². The van der Waals surface area contributed by atoms with Crippen LogP contribution < -0.4 is 5.32 Å². The third kappa shape index (κ3) is 3.73. The first kappa shape index (κ1) is 17.4. The molecule has 1 amide bonds. The molecule has 4 rings (SSSR count). The molecule has 7 heteroatoms. The lowest BCUT2D eigenvalue weighted by Gasteiger charge is -2.21. The second-order valence-electron chi connectivity index (χ2n) is 6.08. The van der Waals surface area contributed by atoms with Gasteiger partial charge in [-0.1, -0.05) is 35.5 Å². The summed E-state index contributed by atoms with van der Waals surface area (Å²) in [6.45, 7) is 1.84. The predicted molar refractivity (Wildman–Crippen MR) is 101 cm³/mol. The number of rotatable bonds is 4. The Kier molecular flexibility index (Phi) is 4.68. The molecule has 6 nitrogen and oxygen atoms in total. The zero-order chi connectivity index (χ0) is 18.8. The standard InChI is InChI=1S/C20H16N2O4S/c1-12-19(23)21-16-9-14(7-8-18(16)27-12)20(24)25-11-15-10-17(26-22-15)13-5-3-2-4-6-13/h2-10,12H,11H2,1H3,(H,21,23)/t12-/m1/s1. The molecule has 1 atom stereocenters. The fraction of sp³-hybridized carbons (Fsp3) is 0.150. The molecule has 1 aromatic heterocycles. The Balaban J connectivity index is 1.42. The van der Waals surface area contributed by atoms with E-state index in [-0.39, 0.29) is 17.8 Å². The first-order chi connectivity index (χ1) is 13.1. The number of carbonyl (C=O) groups is 2. The first-order valence-electron chi connectivity index (χ1n) is 8.40. The van der Waals surface area contributed by atoms with Gasteiger partial charge in [-0.15, -0.1) is 11.8 Å². The van der Waals surface area contributed by atoms with E-state index in [1.165, 1.54) is 11.8 Å². The van der Waals surface area contributed by atoms with Crippen molar-refractivity contribution in [3.63, 3.8) is 0 Å². The Hall–Kier alpha value is -3.06. The lowest BCUT2D eigenvalue weighted by Crippen LogP contribution is -2.26. The minimum absolute atomic E-state index is 0.00436. The minimum Gasteiger partial charge on any atom is -0.455 e. The Labute approximate surface area is 159 Å². The maximum Gasteiger partial charge on any atom is 0.338 e. The second-order valence-corrected chi connectivity index (χ2v) is 7.47. The molecule has 0 fully saturated rings. The number of benzene rings is 2. The summed E-state index contributed by atoms with van der Waals surface area (Å²) < 4.78 is 10.6. The molecule has 0 spiro atoms. The number of amides is 1. The van der Waals surface area contributed by atoms with Crippen LogP contribution >= 0.6 is 11.8 Å². The quantitative estimate of drug-likeness (QED) is 0.686. The number of hydrogen-bond donors (Lipinski definition) is 1. The van der Waals surface area contributed by atoms with Crippen molar-refractivity contribution in [1.29, 1.82) is 0 Å². The lowest BCUT2D eigenvalue weighted by atomic mass is 10.1. The fourth-order valence-corrected chi connectivity index (χ4v) is 3.61. The molecule has 0 aliphatic carbocycles. The fourth-order valence-electron chi connectivity index (χ4n) is 2.68. The van der Waals surface area contributed by atoms with Gasteiger partial charge in [0.15, 0.2) is 5.76 Å². The number of fused-ring (bicyclic) bond motifs is 1. The Bertz CT molecular complexity index is 1000. The molecule has 1 aliphatic rings. The predicted octanol–water partition coefficient (Wildman–Crippen LogP) is 4.13. The number of anilines is 1. The highest BCUT2D eigenvalue weighted by Crippen LogP contribution is 2.36. The molecule has 0 bridgehead atoms. The van der Waals surface area contributed by atoms with Crippen molar-refractivity contribution >= 4 is 29.3 Å². The SMILES string of the molecule is C[C@H]1Sc2ccc(C(=O)OCc3cc(-c4ccccc4)on3)cc2NC1=O. The number of esters is 1. The first-order valence-corrected chi connectivity index (χ1v) is 9.28. The van der Waals surface area contributed by atoms with Gasteiger partial charge in [0.05, 0.1) is 16.5 Å². The van der Waals surface area contributed by atoms with Gasteiger partial charge in [0.25, 0.3) is 0 Å². The molecule has 2 heterocycles. The molecule has 136 valence electrons. The van der Waals surface area contributed by atoms with Gasteiger partial charge in [0, 0.05) is 16.5 Å². The highest BCUT2D eigenvalue weighted by molar-refractivity contribution is 8.00. The van der Waals surface area contributed by atoms with Gasteiger partial charge in [-0.3, -0.25) is 4.79 Å². The molecule has 0 radical (unpaired) electrons. The van der Waals surface area contributed by atoms with Crippen LogP contribution in [0, 0.1) is 0 Å². The van der Waals surface area contributed by atoms with Crippen LogP contribution in [-0.4, -0.2) is 22.3 Å². The van der Waals surface area contributed by atoms with Crippen LogP contribution in [0.2, 0.25) is 0 Å². The van der Waals surface area contributed by atoms with Gasteiger partial charge in [-0.05, 0) is 25.1 Å². The summed E-state index contributed by atoms with van der Waals surface area (Å²) in [5.41, 5.74) is 2.43. The summed E-state index contributed by atoms with van der Waals surface area (Å²) in [7, 11) is 0. The van der Waals surface area contributed by atoms with Crippen molar-refractivity contribution in [2.24, 2.45) is 0 Å². The zero-order valence-corrected chi connectivity index (χ0v) is 15.3. The number of ether oxygens (including phenoxy) is 1. The topological polar surface area (TPSA) is 81.4 Å². The molecule has 0 unspecified atom stereocenters. The molecule has 0 saturated carbocycles. The van der Waals surface area contributed by atoms with Gasteiger partial charge in [0.1, 0.15) is 12.3 Å². The number of carbonyl (C=O) groups excluding carboxylic acids is 2. The Morgan fingerprint density at radius 2 is 2.04 bits per heavy atom. The van der Waals surface area contributed by atoms with Crippen molar-refractivity contribution in [1.82, 2.24) is 5.16 Å². The van der Waals surface area contributed by atoms with E-state index in [0.717, 1.165) is 10.5 Å². The van der Waals surface area contributed by atoms with Crippen LogP contribution in [0.15, 0.2) is 64.0 Å². The maximum absolute atomic E-state index is 12.3. The average molecular weight is 380 g/mol. The molecule has 1 N–H and O–H groups in total. The van der Waals surface area contributed by atoms with Crippen LogP contribution in [0.4, 0.5) is 5.69 Å². The summed E-state index contributed by atoms with van der Waals surface area (Å²) in [5.74, 6) is 0.0540. The maximum atomic E-state index is 12.3. The van der Waals surface area contributed by atoms with E-state index in [0.29, 0.717) is 22.7 Å². The molecular formula is C20H16N2O4S. The van der Waals surface area contributed by atoms with Crippen LogP contribution in [0.25, 0.3) is 11.3 Å². The lowest BCUT2D eigenvalue weighted by molar-refractivity contribution is -0.115. The van der Waals surface area contributed by atoms with E-state index in [1.54, 1.807) is 18.2 Å². The zero-order valence-electron chi connectivity index (χ0n) is 14.5. The van der Waals surface area contributed by atoms with Crippen molar-refractivity contribution in [3.05, 3.63) is 65.9 Å². The normalized spacial score (nSPS) is 15.7. The van der Waals surface area contributed by atoms with E-state index < -0.39 is 5.97 Å². The molecular weight excluding hydrogens is 364 g/mol. The molecule has 2 aromatic carbocycles. The van der Waals surface area contributed by atoms with Crippen LogP contribution in [0.1, 0.15) is 23.0 Å². The summed E-state index contributed by atoms with van der Waals surface area (Å²) in [4.78, 5) is 25.1. The molecule has 1 aliphatic heterocycles. The van der Waals surface area contributed by atoms with E-state index in [2.05, 4.69) is 10.5 Å².